The third kappa shape index (κ3) is 16.9. The second-order valence-corrected chi connectivity index (χ2v) is 20.9. The number of rotatable bonds is 6. The Morgan fingerprint density at radius 3 is 2.27 bits per heavy atom. The van der Waals surface area contributed by atoms with E-state index >= 15 is 0 Å². The number of nitrogens with one attached hydrogen (secondary N) is 1. The van der Waals surface area contributed by atoms with Crippen molar-refractivity contribution >= 4 is 29.2 Å². The summed E-state index contributed by atoms with van der Waals surface area (Å²) >= 11 is 0. The first kappa shape index (κ1) is 59.3. The molecule has 4 aliphatic rings. The minimum absolute atomic E-state index is 0.0294. The molecule has 0 aromatic carbocycles. The summed E-state index contributed by atoms with van der Waals surface area (Å²) in [7, 11) is 4.71. The molecule has 5 rings (SSSR count). The number of cyclic esters (lactones) is 1. The van der Waals surface area contributed by atoms with Crippen LogP contribution >= 0.6 is 0 Å². The molecule has 1 aliphatic carbocycles. The number of esters is 1. The molecule has 2 saturated heterocycles. The summed E-state index contributed by atoms with van der Waals surface area (Å²) in [6, 6.07) is -1.11. The second-order valence-electron chi connectivity index (χ2n) is 20.9. The van der Waals surface area contributed by atoms with Crippen LogP contribution in [0.4, 0.5) is 0 Å². The number of hydrogen-bond acceptors (Lipinski definition) is 15. The number of ether oxygens (including phenoxy) is 5. The number of H-pyrrole nitrogens is 1. The average Bonchev–Trinajstić information content (AvgIpc) is 3.91. The Balaban J connectivity index is 0.00000205. The lowest BCUT2D eigenvalue weighted by atomic mass is 9.76. The molecular weight excluding hydrogens is 911 g/mol. The summed E-state index contributed by atoms with van der Waals surface area (Å²) in [4.78, 5) is 72.3. The molecule has 15 atom stereocenters. The summed E-state index contributed by atoms with van der Waals surface area (Å²) in [5.41, 5.74) is 1.30. The molecule has 1 aromatic rings. The highest BCUT2D eigenvalue weighted by molar-refractivity contribution is 6.39. The Labute approximate surface area is 421 Å². The van der Waals surface area contributed by atoms with E-state index in [2.05, 4.69) is 27.5 Å². The van der Waals surface area contributed by atoms with Crippen molar-refractivity contribution in [3.8, 4) is 0 Å². The van der Waals surface area contributed by atoms with Crippen LogP contribution in [0.15, 0.2) is 53.9 Å². The number of carbonyl (C=O) groups excluding carboxylic acids is 5. The van der Waals surface area contributed by atoms with E-state index < -0.39 is 77.8 Å². The molecule has 3 N–H and O–H groups in total. The topological polar surface area (TPSA) is 230 Å². The van der Waals surface area contributed by atoms with E-state index in [4.69, 9.17) is 23.7 Å². The normalized spacial score (nSPS) is 37.9. The number of amides is 1. The molecule has 0 spiro atoms. The Kier molecular flexibility index (Phi) is 24.1. The second kappa shape index (κ2) is 28.8. The van der Waals surface area contributed by atoms with Crippen LogP contribution in [0, 0.1) is 41.4 Å². The van der Waals surface area contributed by atoms with E-state index in [0.717, 1.165) is 24.8 Å². The lowest BCUT2D eigenvalue weighted by Gasteiger charge is -2.39. The first-order chi connectivity index (χ1) is 33.7. The maximum Gasteiger partial charge on any atom is 0.329 e. The van der Waals surface area contributed by atoms with Crippen molar-refractivity contribution in [3.05, 3.63) is 53.9 Å². The Morgan fingerprint density at radius 1 is 0.873 bits per heavy atom. The van der Waals surface area contributed by atoms with Crippen LogP contribution in [0.1, 0.15) is 139 Å². The highest BCUT2D eigenvalue weighted by Gasteiger charge is 2.52. The van der Waals surface area contributed by atoms with Gasteiger partial charge in [0.1, 0.15) is 30.1 Å². The third-order valence-electron chi connectivity index (χ3n) is 15.4. The van der Waals surface area contributed by atoms with Gasteiger partial charge in [-0.3, -0.25) is 19.2 Å². The fourth-order valence-corrected chi connectivity index (χ4v) is 10.7. The number of piperidine rings is 1. The van der Waals surface area contributed by atoms with Crippen molar-refractivity contribution in [3.63, 3.8) is 0 Å². The maximum atomic E-state index is 14.4. The molecule has 17 heteroatoms. The van der Waals surface area contributed by atoms with Gasteiger partial charge in [0, 0.05) is 58.5 Å². The smallest absolute Gasteiger partial charge is 0.329 e. The van der Waals surface area contributed by atoms with Crippen LogP contribution in [0.3, 0.4) is 0 Å². The molecule has 1 amide bonds. The number of carbonyl (C=O) groups is 5. The van der Waals surface area contributed by atoms with E-state index in [1.165, 1.54) is 18.3 Å². The number of tetrazole rings is 1. The molecule has 3 fully saturated rings. The largest absolute Gasteiger partial charge is 0.460 e. The zero-order valence-electron chi connectivity index (χ0n) is 44.3. The van der Waals surface area contributed by atoms with Gasteiger partial charge in [-0.05, 0) is 113 Å². The number of allylic oxidation sites excluding steroid dienone is 6. The van der Waals surface area contributed by atoms with Crippen LogP contribution in [-0.4, -0.2) is 141 Å². The predicted octanol–water partition coefficient (Wildman–Crippen LogP) is 7.05. The standard InChI is InChI=1S/C53H83NO12.CH2N4/c1-32-18-13-12-14-19-33(2)45(63-10)30-41-21-17-20-39(8)53(61,66-41)50(58)51(59)54-25-16-15-22-42(54)52(60)65-46(36(5)28-40-24-23-34(3)44(29-40)62-9)31-43(55)35(4)27-38(7)48(57)49(64-11)47(56)37(6)26-32;1-2-4-5-3-1/h12-14,18-19,27,32,34-37,39-42,44-46,48-49,57,61H,15-17,20-26,28-31H2,1-11H3;1H,(H,2,3,4,5)/b14-12+,18-13+,33-19+,38-27+;/t32-,34?,35-,36-,37+,39-,40+,41+,42+,44-,45+,46+,48-,49+,53-;/m1./s1. The summed E-state index contributed by atoms with van der Waals surface area (Å²) in [5.74, 6) is -7.09. The van der Waals surface area contributed by atoms with Gasteiger partial charge < -0.3 is 38.8 Å². The molecule has 1 aromatic heterocycles. The van der Waals surface area contributed by atoms with E-state index in [1.54, 1.807) is 41.1 Å². The Bertz CT molecular complexity index is 1970. The molecule has 398 valence electrons. The van der Waals surface area contributed by atoms with E-state index in [-0.39, 0.29) is 54.8 Å². The number of aliphatic hydroxyl groups is 2. The first-order valence-electron chi connectivity index (χ1n) is 25.9. The van der Waals surface area contributed by atoms with Gasteiger partial charge >= 0.3 is 5.97 Å². The van der Waals surface area contributed by atoms with Crippen molar-refractivity contribution < 1.29 is 57.9 Å². The quantitative estimate of drug-likeness (QED) is 0.147. The van der Waals surface area contributed by atoms with Gasteiger partial charge in [-0.1, -0.05) is 89.6 Å². The number of aromatic amines is 1. The number of aromatic nitrogens is 4. The van der Waals surface area contributed by atoms with Crippen molar-refractivity contribution in [2.45, 2.75) is 187 Å². The third-order valence-corrected chi connectivity index (χ3v) is 15.4. The number of aliphatic hydroxyl groups excluding tert-OH is 1. The highest BCUT2D eigenvalue weighted by Crippen LogP contribution is 2.38. The lowest BCUT2D eigenvalue weighted by molar-refractivity contribution is -0.242. The molecule has 71 heavy (non-hydrogen) atoms. The van der Waals surface area contributed by atoms with Gasteiger partial charge in [0.05, 0.1) is 18.3 Å². The molecule has 2 bridgehead atoms. The number of nitrogens with zero attached hydrogens (tertiary/aromatic N) is 4. The Hall–Kier alpha value is -4.26. The molecule has 1 unspecified atom stereocenters. The molecule has 4 heterocycles. The van der Waals surface area contributed by atoms with Crippen LogP contribution in [0.2, 0.25) is 0 Å². The van der Waals surface area contributed by atoms with E-state index in [1.807, 2.05) is 58.1 Å². The van der Waals surface area contributed by atoms with Crippen molar-refractivity contribution in [2.75, 3.05) is 27.9 Å². The highest BCUT2D eigenvalue weighted by atomic mass is 16.6. The van der Waals surface area contributed by atoms with Crippen molar-refractivity contribution in [1.82, 2.24) is 25.5 Å². The number of hydrogen-bond donors (Lipinski definition) is 3. The Morgan fingerprint density at radius 2 is 1.62 bits per heavy atom. The zero-order valence-corrected chi connectivity index (χ0v) is 44.3. The van der Waals surface area contributed by atoms with Crippen LogP contribution < -0.4 is 0 Å². The van der Waals surface area contributed by atoms with Crippen molar-refractivity contribution in [1.29, 1.82) is 0 Å². The number of ketones is 3. The molecule has 17 nitrogen and oxygen atoms in total. The van der Waals surface area contributed by atoms with Gasteiger partial charge in [0.2, 0.25) is 5.79 Å². The lowest BCUT2D eigenvalue weighted by Crippen LogP contribution is -2.59. The van der Waals surface area contributed by atoms with Crippen LogP contribution in [0.5, 0.6) is 0 Å². The summed E-state index contributed by atoms with van der Waals surface area (Å²) in [6.45, 7) is 15.1. The molecule has 0 radical (unpaired) electrons. The van der Waals surface area contributed by atoms with E-state index in [9.17, 15) is 34.2 Å². The molecular formula is C54H85N5O12. The maximum absolute atomic E-state index is 14.4. The zero-order chi connectivity index (χ0) is 52.4. The van der Waals surface area contributed by atoms with Gasteiger partial charge in [-0.25, -0.2) is 4.79 Å². The number of methoxy groups -OCH3 is 3. The van der Waals surface area contributed by atoms with Gasteiger partial charge in [0.25, 0.3) is 11.7 Å². The van der Waals surface area contributed by atoms with Crippen molar-refractivity contribution in [2.24, 2.45) is 41.4 Å². The monoisotopic (exact) mass is 996 g/mol. The summed E-state index contributed by atoms with van der Waals surface area (Å²) in [6.07, 6.45) is 15.7. The molecule has 1 saturated carbocycles. The number of Topliss-reactive ketones (excluding diaryl/α,β-unsaturated/α-hetero) is 3. The summed E-state index contributed by atoms with van der Waals surface area (Å²) in [5, 5.41) is 35.8. The van der Waals surface area contributed by atoms with Crippen LogP contribution in [0.25, 0.3) is 0 Å². The minimum Gasteiger partial charge on any atom is -0.460 e. The first-order valence-corrected chi connectivity index (χ1v) is 25.9. The predicted molar refractivity (Wildman–Crippen MR) is 267 cm³/mol. The SMILES string of the molecule is CO[C@H]1C[C@@H]2CCC[C@@H](C)[C@@](O)(O2)C(=O)C(=O)N2CCCC[C@H]2C(=O)O[C@H]([C@H](C)C[C@@H]2CCC(C)[C@H](OC)C2)CC(=O)[C@H](C)/C=C(\C)[C@@H](O)[C@@H](OC)C(=O)[C@@H](C)C[C@H](C)/C=C/C=C/C=C/1C.c1nn[nH]n1. The van der Waals surface area contributed by atoms with Gasteiger partial charge in [0.15, 0.2) is 12.1 Å². The fraction of sp³-hybridized carbons (Fsp3) is 0.741. The summed E-state index contributed by atoms with van der Waals surface area (Å²) < 4.78 is 29.9. The van der Waals surface area contributed by atoms with Gasteiger partial charge in [-0.2, -0.15) is 5.21 Å². The van der Waals surface area contributed by atoms with Gasteiger partial charge in [-0.15, -0.1) is 10.2 Å². The number of fused-ring (bicyclic) bond motifs is 3. The average molecular weight is 996 g/mol. The fourth-order valence-electron chi connectivity index (χ4n) is 10.7. The van der Waals surface area contributed by atoms with E-state index in [0.29, 0.717) is 62.9 Å². The van der Waals surface area contributed by atoms with Crippen LogP contribution in [-0.2, 0) is 47.7 Å². The minimum atomic E-state index is -2.43. The molecule has 3 aliphatic heterocycles.